The van der Waals surface area contributed by atoms with E-state index < -0.39 is 0 Å². The first-order valence-corrected chi connectivity index (χ1v) is 10.1. The van der Waals surface area contributed by atoms with Gasteiger partial charge in [-0.2, -0.15) is 0 Å². The van der Waals surface area contributed by atoms with Crippen molar-refractivity contribution in [3.05, 3.63) is 48.4 Å². The van der Waals surface area contributed by atoms with Crippen LogP contribution in [0.25, 0.3) is 11.3 Å². The van der Waals surface area contributed by atoms with Crippen molar-refractivity contribution in [2.45, 2.75) is 50.6 Å². The van der Waals surface area contributed by atoms with Gasteiger partial charge < -0.3 is 10.6 Å². The van der Waals surface area contributed by atoms with E-state index >= 15 is 0 Å². The number of carbonyl (C=O) groups is 1. The van der Waals surface area contributed by atoms with E-state index in [4.69, 9.17) is 0 Å². The first-order valence-electron chi connectivity index (χ1n) is 10.1. The molecule has 4 aliphatic rings. The molecule has 2 N–H and O–H groups in total. The van der Waals surface area contributed by atoms with Crippen molar-refractivity contribution >= 4 is 6.03 Å². The molecule has 5 nitrogen and oxygen atoms in total. The van der Waals surface area contributed by atoms with Crippen LogP contribution in [0.3, 0.4) is 0 Å². The van der Waals surface area contributed by atoms with Crippen LogP contribution in [0.1, 0.15) is 44.1 Å². The van der Waals surface area contributed by atoms with Crippen molar-refractivity contribution in [2.24, 2.45) is 17.8 Å². The molecular formula is C22H26N4O. The van der Waals surface area contributed by atoms with Gasteiger partial charge in [-0.25, -0.2) is 4.79 Å². The summed E-state index contributed by atoms with van der Waals surface area (Å²) in [5.41, 5.74) is 3.04. The number of pyridine rings is 2. The molecule has 140 valence electrons. The molecule has 0 aliphatic heterocycles. The lowest BCUT2D eigenvalue weighted by Gasteiger charge is -2.56. The molecule has 0 aromatic carbocycles. The molecule has 0 atom stereocenters. The summed E-state index contributed by atoms with van der Waals surface area (Å²) in [4.78, 5) is 21.1. The Kier molecular flexibility index (Phi) is 4.10. The Labute approximate surface area is 160 Å². The zero-order valence-electron chi connectivity index (χ0n) is 15.5. The molecule has 2 aromatic rings. The fourth-order valence-electron chi connectivity index (χ4n) is 6.00. The summed E-state index contributed by atoms with van der Waals surface area (Å²) in [6, 6.07) is 7.84. The van der Waals surface area contributed by atoms with Gasteiger partial charge in [-0.05, 0) is 86.1 Å². The van der Waals surface area contributed by atoms with Crippen LogP contribution in [-0.4, -0.2) is 21.5 Å². The molecule has 0 radical (unpaired) electrons. The molecule has 6 rings (SSSR count). The minimum absolute atomic E-state index is 0.0285. The highest BCUT2D eigenvalue weighted by Crippen LogP contribution is 2.55. The van der Waals surface area contributed by atoms with Gasteiger partial charge in [0.25, 0.3) is 0 Å². The van der Waals surface area contributed by atoms with Crippen molar-refractivity contribution in [2.75, 3.05) is 0 Å². The molecule has 2 aromatic heterocycles. The highest BCUT2D eigenvalue weighted by molar-refractivity contribution is 5.75. The Bertz CT molecular complexity index is 800. The Balaban J connectivity index is 1.21. The largest absolute Gasteiger partial charge is 0.334 e. The zero-order valence-corrected chi connectivity index (χ0v) is 15.5. The number of rotatable bonds is 4. The standard InChI is InChI=1S/C22H26N4O/c27-21(26-22-11-16-7-17(12-22)9-18(8-16)13-22)25-14-15-1-6-24-20(10-15)19-2-4-23-5-3-19/h1-6,10,16-18H,7-9,11-14H2,(H2,25,26,27). The van der Waals surface area contributed by atoms with Gasteiger partial charge in [-0.1, -0.05) is 0 Å². The van der Waals surface area contributed by atoms with E-state index in [2.05, 4.69) is 20.6 Å². The molecule has 5 heteroatoms. The van der Waals surface area contributed by atoms with Crippen LogP contribution >= 0.6 is 0 Å². The van der Waals surface area contributed by atoms with Crippen LogP contribution in [0, 0.1) is 17.8 Å². The maximum absolute atomic E-state index is 12.6. The summed E-state index contributed by atoms with van der Waals surface area (Å²) in [6.07, 6.45) is 13.0. The maximum atomic E-state index is 12.6. The van der Waals surface area contributed by atoms with Crippen LogP contribution in [0.2, 0.25) is 0 Å². The van der Waals surface area contributed by atoms with E-state index in [1.54, 1.807) is 18.6 Å². The molecule has 0 unspecified atom stereocenters. The third kappa shape index (κ3) is 3.43. The Morgan fingerprint density at radius 1 is 1.00 bits per heavy atom. The lowest BCUT2D eigenvalue weighted by Crippen LogP contribution is -2.61. The lowest BCUT2D eigenvalue weighted by atomic mass is 9.53. The van der Waals surface area contributed by atoms with Gasteiger partial charge in [0, 0.05) is 36.2 Å². The van der Waals surface area contributed by atoms with Gasteiger partial charge in [-0.15, -0.1) is 0 Å². The maximum Gasteiger partial charge on any atom is 0.315 e. The van der Waals surface area contributed by atoms with E-state index in [9.17, 15) is 4.79 Å². The van der Waals surface area contributed by atoms with Gasteiger partial charge in [0.05, 0.1) is 5.69 Å². The normalized spacial score (nSPS) is 30.9. The number of carbonyl (C=O) groups excluding carboxylic acids is 1. The van der Waals surface area contributed by atoms with Gasteiger partial charge in [0.2, 0.25) is 0 Å². The Morgan fingerprint density at radius 2 is 1.67 bits per heavy atom. The zero-order chi connectivity index (χ0) is 18.3. The summed E-state index contributed by atoms with van der Waals surface area (Å²) >= 11 is 0. The topological polar surface area (TPSA) is 66.9 Å². The predicted octanol–water partition coefficient (Wildman–Crippen LogP) is 3.91. The highest BCUT2D eigenvalue weighted by atomic mass is 16.2. The van der Waals surface area contributed by atoms with Crippen molar-refractivity contribution in [3.8, 4) is 11.3 Å². The number of hydrogen-bond donors (Lipinski definition) is 2. The summed E-state index contributed by atoms with van der Waals surface area (Å²) in [5, 5.41) is 6.43. The summed E-state index contributed by atoms with van der Waals surface area (Å²) < 4.78 is 0. The molecule has 4 fully saturated rings. The number of aromatic nitrogens is 2. The van der Waals surface area contributed by atoms with Crippen LogP contribution in [0.15, 0.2) is 42.9 Å². The van der Waals surface area contributed by atoms with Crippen molar-refractivity contribution < 1.29 is 4.79 Å². The molecule has 2 heterocycles. The molecule has 2 amide bonds. The Hall–Kier alpha value is -2.43. The molecule has 0 spiro atoms. The van der Waals surface area contributed by atoms with Crippen LogP contribution in [-0.2, 0) is 6.54 Å². The van der Waals surface area contributed by atoms with Crippen LogP contribution in [0.4, 0.5) is 4.79 Å². The summed E-state index contributed by atoms with van der Waals surface area (Å²) in [6.45, 7) is 0.513. The monoisotopic (exact) mass is 362 g/mol. The molecule has 27 heavy (non-hydrogen) atoms. The quantitative estimate of drug-likeness (QED) is 0.866. The molecular weight excluding hydrogens is 336 g/mol. The number of nitrogens with one attached hydrogen (secondary N) is 2. The predicted molar refractivity (Wildman–Crippen MR) is 104 cm³/mol. The minimum Gasteiger partial charge on any atom is -0.334 e. The van der Waals surface area contributed by atoms with E-state index in [1.807, 2.05) is 24.3 Å². The fourth-order valence-corrected chi connectivity index (χ4v) is 6.00. The fraction of sp³-hybridized carbons (Fsp3) is 0.500. The van der Waals surface area contributed by atoms with E-state index in [0.717, 1.165) is 34.6 Å². The second kappa shape index (κ2) is 6.63. The van der Waals surface area contributed by atoms with Crippen molar-refractivity contribution in [1.82, 2.24) is 20.6 Å². The SMILES string of the molecule is O=C(NCc1ccnc(-c2ccncc2)c1)NC12CC3CC(CC(C3)C1)C2. The average Bonchev–Trinajstić information content (AvgIpc) is 2.66. The van der Waals surface area contributed by atoms with E-state index in [-0.39, 0.29) is 11.6 Å². The van der Waals surface area contributed by atoms with Gasteiger partial charge in [-0.3, -0.25) is 9.97 Å². The number of urea groups is 1. The van der Waals surface area contributed by atoms with Crippen LogP contribution < -0.4 is 10.6 Å². The first kappa shape index (κ1) is 16.7. The third-order valence-corrected chi connectivity index (χ3v) is 6.67. The number of amides is 2. The lowest BCUT2D eigenvalue weighted by molar-refractivity contribution is -0.0135. The smallest absolute Gasteiger partial charge is 0.315 e. The van der Waals surface area contributed by atoms with Gasteiger partial charge in [0.1, 0.15) is 0 Å². The molecule has 4 aliphatic carbocycles. The average molecular weight is 362 g/mol. The Morgan fingerprint density at radius 3 is 2.33 bits per heavy atom. The molecule has 4 saturated carbocycles. The third-order valence-electron chi connectivity index (χ3n) is 6.67. The second-order valence-corrected chi connectivity index (χ2v) is 8.79. The summed E-state index contributed by atoms with van der Waals surface area (Å²) in [5.74, 6) is 2.50. The molecule has 4 bridgehead atoms. The summed E-state index contributed by atoms with van der Waals surface area (Å²) in [7, 11) is 0. The van der Waals surface area contributed by atoms with Crippen molar-refractivity contribution in [1.29, 1.82) is 0 Å². The van der Waals surface area contributed by atoms with E-state index in [0.29, 0.717) is 6.54 Å². The van der Waals surface area contributed by atoms with Gasteiger partial charge >= 0.3 is 6.03 Å². The number of hydrogen-bond acceptors (Lipinski definition) is 3. The molecule has 0 saturated heterocycles. The second-order valence-electron chi connectivity index (χ2n) is 8.79. The van der Waals surface area contributed by atoms with Crippen LogP contribution in [0.5, 0.6) is 0 Å². The minimum atomic E-state index is -0.0285. The van der Waals surface area contributed by atoms with Gasteiger partial charge in [0.15, 0.2) is 0 Å². The van der Waals surface area contributed by atoms with Crippen molar-refractivity contribution in [3.63, 3.8) is 0 Å². The first-order chi connectivity index (χ1) is 13.2. The van der Waals surface area contributed by atoms with E-state index in [1.165, 1.54) is 38.5 Å². The number of nitrogens with zero attached hydrogens (tertiary/aromatic N) is 2. The highest BCUT2D eigenvalue weighted by Gasteiger charge is 2.51.